The zero-order chi connectivity index (χ0) is 5.86. The molecule has 0 aromatic carbocycles. The van der Waals surface area contributed by atoms with Gasteiger partial charge in [-0.05, 0) is 0 Å². The van der Waals surface area contributed by atoms with E-state index in [1.165, 1.54) is 0 Å². The molecule has 0 saturated heterocycles. The average Bonchev–Trinajstić information content (AvgIpc) is 1.65. The van der Waals surface area contributed by atoms with E-state index in [9.17, 15) is 4.21 Å². The van der Waals surface area contributed by atoms with Crippen LogP contribution in [0.4, 0.5) is 0 Å². The van der Waals surface area contributed by atoms with Gasteiger partial charge in [0.1, 0.15) is 0 Å². The molecule has 1 N–H and O–H groups in total. The predicted molar refractivity (Wildman–Crippen MR) is 32.1 cm³/mol. The Balaban J connectivity index is 3.34. The lowest BCUT2D eigenvalue weighted by Crippen LogP contribution is -2.11. The Morgan fingerprint density at radius 1 is 2.00 bits per heavy atom. The third kappa shape index (κ3) is 3.16. The van der Waals surface area contributed by atoms with Crippen LogP contribution in [0.5, 0.6) is 0 Å². The van der Waals surface area contributed by atoms with Crippen molar-refractivity contribution in [1.82, 2.24) is 3.33 Å². The minimum Gasteiger partial charge on any atom is -0.293 e. The second-order valence-electron chi connectivity index (χ2n) is 0.865. The van der Waals surface area contributed by atoms with Crippen molar-refractivity contribution in [1.29, 1.82) is 0 Å². The van der Waals surface area contributed by atoms with Crippen LogP contribution in [0.3, 0.4) is 0 Å². The Labute approximate surface area is 53.5 Å². The van der Waals surface area contributed by atoms with Crippen molar-refractivity contribution in [3.8, 4) is 0 Å². The molecule has 0 aliphatic carbocycles. The van der Waals surface area contributed by atoms with Crippen molar-refractivity contribution in [2.45, 2.75) is 6.92 Å². The lowest BCUT2D eigenvalue weighted by Gasteiger charge is -2.01. The highest BCUT2D eigenvalue weighted by molar-refractivity contribution is 9.08. The van der Waals surface area contributed by atoms with Crippen LogP contribution in [0.15, 0.2) is 0 Å². The first-order valence-electron chi connectivity index (χ1n) is 1.72. The van der Waals surface area contributed by atoms with Gasteiger partial charge >= 0.3 is 0 Å². The number of hydrogen-bond donors (Lipinski definition) is 1. The number of nitrogens with zero attached hydrogens (tertiary/aromatic N) is 1. The molecular formula is C2H6BrNO2S. The molecule has 0 rings (SSSR count). The Morgan fingerprint density at radius 3 is 2.43 bits per heavy atom. The van der Waals surface area contributed by atoms with Crippen LogP contribution >= 0.6 is 16.1 Å². The molecule has 1 atom stereocenters. The standard InChI is InChI=1S/C2H6BrNO2S/c1-2-4(3)7(5)6/h2H2,1H3,(H,5,6). The van der Waals surface area contributed by atoms with Gasteiger partial charge in [0.2, 0.25) is 11.3 Å². The molecule has 0 amide bonds. The van der Waals surface area contributed by atoms with Crippen LogP contribution in [0, 0.1) is 0 Å². The Morgan fingerprint density at radius 2 is 2.43 bits per heavy atom. The molecule has 0 bridgehead atoms. The monoisotopic (exact) mass is 187 g/mol. The Hall–Kier alpha value is 0.550. The highest BCUT2D eigenvalue weighted by atomic mass is 79.9. The largest absolute Gasteiger partial charge is 0.293 e. The number of halogens is 1. The van der Waals surface area contributed by atoms with Gasteiger partial charge in [-0.15, -0.1) is 3.33 Å². The normalized spacial score (nSPS) is 14.9. The molecule has 0 aromatic heterocycles. The van der Waals surface area contributed by atoms with Crippen LogP contribution in [-0.2, 0) is 11.3 Å². The molecule has 0 aliphatic rings. The van der Waals surface area contributed by atoms with Gasteiger partial charge in [0.05, 0.1) is 0 Å². The van der Waals surface area contributed by atoms with E-state index in [1.807, 2.05) is 0 Å². The molecule has 3 nitrogen and oxygen atoms in total. The molecule has 7 heavy (non-hydrogen) atoms. The van der Waals surface area contributed by atoms with Crippen LogP contribution in [0.1, 0.15) is 6.92 Å². The molecule has 0 aliphatic heterocycles. The van der Waals surface area contributed by atoms with Crippen LogP contribution in [0.2, 0.25) is 0 Å². The van der Waals surface area contributed by atoms with E-state index in [0.717, 1.165) is 3.33 Å². The van der Waals surface area contributed by atoms with Crippen LogP contribution in [-0.4, -0.2) is 18.6 Å². The van der Waals surface area contributed by atoms with E-state index in [0.29, 0.717) is 6.54 Å². The zero-order valence-corrected chi connectivity index (χ0v) is 6.20. The molecule has 0 aromatic rings. The lowest BCUT2D eigenvalue weighted by atomic mass is 10.8. The van der Waals surface area contributed by atoms with E-state index in [1.54, 1.807) is 6.92 Å². The Kier molecular flexibility index (Phi) is 3.82. The van der Waals surface area contributed by atoms with E-state index < -0.39 is 11.3 Å². The first kappa shape index (κ1) is 7.55. The van der Waals surface area contributed by atoms with E-state index in [2.05, 4.69) is 16.1 Å². The van der Waals surface area contributed by atoms with Gasteiger partial charge in [0.25, 0.3) is 0 Å². The third-order valence-electron chi connectivity index (χ3n) is 0.418. The van der Waals surface area contributed by atoms with Gasteiger partial charge in [-0.2, -0.15) is 0 Å². The van der Waals surface area contributed by atoms with Gasteiger partial charge < -0.3 is 0 Å². The van der Waals surface area contributed by atoms with E-state index >= 15 is 0 Å². The summed E-state index contributed by atoms with van der Waals surface area (Å²) in [5.74, 6) is 0. The summed E-state index contributed by atoms with van der Waals surface area (Å²) >= 11 is 0.964. The highest BCUT2D eigenvalue weighted by Crippen LogP contribution is 1.97. The molecule has 0 heterocycles. The fourth-order valence-corrected chi connectivity index (χ4v) is 0.331. The fourth-order valence-electron chi connectivity index (χ4n) is 0.110. The summed E-state index contributed by atoms with van der Waals surface area (Å²) in [4.78, 5) is 0. The van der Waals surface area contributed by atoms with Crippen LogP contribution < -0.4 is 0 Å². The molecule has 5 heteroatoms. The van der Waals surface area contributed by atoms with Crippen LogP contribution in [0.25, 0.3) is 0 Å². The number of rotatable bonds is 2. The predicted octanol–water partition coefficient (Wildman–Crippen LogP) is 0.755. The number of hydrogen-bond acceptors (Lipinski definition) is 1. The van der Waals surface area contributed by atoms with E-state index in [-0.39, 0.29) is 0 Å². The molecule has 0 saturated carbocycles. The SMILES string of the molecule is CCN(Br)S(=O)O. The maximum Gasteiger partial charge on any atom is 0.244 e. The Bertz CT molecular complexity index is 78.1. The molecule has 1 unspecified atom stereocenters. The van der Waals surface area contributed by atoms with Crippen molar-refractivity contribution in [3.05, 3.63) is 0 Å². The van der Waals surface area contributed by atoms with Crippen molar-refractivity contribution in [2.24, 2.45) is 0 Å². The smallest absolute Gasteiger partial charge is 0.244 e. The first-order valence-corrected chi connectivity index (χ1v) is 3.50. The van der Waals surface area contributed by atoms with Crippen molar-refractivity contribution >= 4 is 27.4 Å². The van der Waals surface area contributed by atoms with Crippen molar-refractivity contribution < 1.29 is 8.76 Å². The van der Waals surface area contributed by atoms with Gasteiger partial charge in [0, 0.05) is 22.7 Å². The fraction of sp³-hybridized carbons (Fsp3) is 1.00. The van der Waals surface area contributed by atoms with E-state index in [4.69, 9.17) is 4.55 Å². The third-order valence-corrected chi connectivity index (χ3v) is 2.26. The minimum atomic E-state index is -1.86. The summed E-state index contributed by atoms with van der Waals surface area (Å²) in [5, 5.41) is 0. The average molecular weight is 188 g/mol. The molecule has 0 spiro atoms. The minimum absolute atomic E-state index is 0.517. The molecule has 0 radical (unpaired) electrons. The molecular weight excluding hydrogens is 182 g/mol. The van der Waals surface area contributed by atoms with Gasteiger partial charge in [-0.1, -0.05) is 6.92 Å². The van der Waals surface area contributed by atoms with Gasteiger partial charge in [-0.25, -0.2) is 4.21 Å². The molecule has 0 fully saturated rings. The lowest BCUT2D eigenvalue weighted by molar-refractivity contribution is 0.522. The highest BCUT2D eigenvalue weighted by Gasteiger charge is 1.99. The second-order valence-corrected chi connectivity index (χ2v) is 3.09. The van der Waals surface area contributed by atoms with Crippen molar-refractivity contribution in [2.75, 3.05) is 6.54 Å². The van der Waals surface area contributed by atoms with Gasteiger partial charge in [-0.3, -0.25) is 4.55 Å². The summed E-state index contributed by atoms with van der Waals surface area (Å²) < 4.78 is 19.2. The van der Waals surface area contributed by atoms with Gasteiger partial charge in [0.15, 0.2) is 0 Å². The zero-order valence-electron chi connectivity index (χ0n) is 3.80. The molecule has 44 valence electrons. The second kappa shape index (κ2) is 3.54. The maximum absolute atomic E-state index is 9.92. The summed E-state index contributed by atoms with van der Waals surface area (Å²) in [5.41, 5.74) is 0. The summed E-state index contributed by atoms with van der Waals surface area (Å²) in [6.45, 7) is 2.28. The quantitative estimate of drug-likeness (QED) is 0.513. The summed E-state index contributed by atoms with van der Waals surface area (Å²) in [6.07, 6.45) is 0. The summed E-state index contributed by atoms with van der Waals surface area (Å²) in [6, 6.07) is 0. The summed E-state index contributed by atoms with van der Waals surface area (Å²) in [7, 11) is 0. The first-order chi connectivity index (χ1) is 3.18. The maximum atomic E-state index is 9.92. The van der Waals surface area contributed by atoms with Crippen molar-refractivity contribution in [3.63, 3.8) is 0 Å². The topological polar surface area (TPSA) is 40.5 Å².